The van der Waals surface area contributed by atoms with E-state index >= 15 is 0 Å². The zero-order valence-electron chi connectivity index (χ0n) is 16.6. The van der Waals surface area contributed by atoms with Crippen molar-refractivity contribution < 1.29 is 0 Å². The number of nitrogens with zero attached hydrogens (tertiary/aromatic N) is 5. The molecule has 144 valence electrons. The smallest absolute Gasteiger partial charge is 0.132 e. The molecule has 0 radical (unpaired) electrons. The third kappa shape index (κ3) is 3.35. The first-order valence-corrected chi connectivity index (χ1v) is 10.3. The van der Waals surface area contributed by atoms with Gasteiger partial charge >= 0.3 is 0 Å². The second-order valence-corrected chi connectivity index (χ2v) is 9.71. The molecule has 0 aromatic carbocycles. The number of likely N-dealkylation sites (tertiary alicyclic amines) is 1. The van der Waals surface area contributed by atoms with E-state index in [9.17, 15) is 0 Å². The molecule has 2 unspecified atom stereocenters. The van der Waals surface area contributed by atoms with Gasteiger partial charge in [-0.05, 0) is 24.7 Å². The van der Waals surface area contributed by atoms with Crippen LogP contribution in [0.15, 0.2) is 18.6 Å². The molecule has 27 heavy (non-hydrogen) atoms. The Morgan fingerprint density at radius 3 is 2.48 bits per heavy atom. The lowest BCUT2D eigenvalue weighted by atomic mass is 9.92. The largest absolute Gasteiger partial charge is 0.356 e. The number of rotatable bonds is 4. The Balaban J connectivity index is 1.23. The van der Waals surface area contributed by atoms with Crippen molar-refractivity contribution >= 4 is 5.82 Å². The second-order valence-electron chi connectivity index (χ2n) is 9.71. The fourth-order valence-electron chi connectivity index (χ4n) is 4.75. The van der Waals surface area contributed by atoms with Crippen molar-refractivity contribution in [1.82, 2.24) is 25.1 Å². The molecule has 2 saturated heterocycles. The molecule has 5 rings (SSSR count). The van der Waals surface area contributed by atoms with Gasteiger partial charge in [0.1, 0.15) is 12.1 Å². The van der Waals surface area contributed by atoms with Crippen molar-refractivity contribution in [3.8, 4) is 0 Å². The van der Waals surface area contributed by atoms with Gasteiger partial charge in [0.25, 0.3) is 0 Å². The molecule has 1 N–H and O–H groups in total. The van der Waals surface area contributed by atoms with Crippen LogP contribution < -0.4 is 4.90 Å². The van der Waals surface area contributed by atoms with Gasteiger partial charge in [0.2, 0.25) is 0 Å². The molecule has 0 spiro atoms. The highest BCUT2D eigenvalue weighted by Gasteiger charge is 2.41. The van der Waals surface area contributed by atoms with Crippen molar-refractivity contribution in [2.75, 3.05) is 31.1 Å². The van der Waals surface area contributed by atoms with Gasteiger partial charge in [-0.25, -0.2) is 9.97 Å². The first-order chi connectivity index (χ1) is 13.0. The van der Waals surface area contributed by atoms with Crippen LogP contribution in [0.5, 0.6) is 0 Å². The van der Waals surface area contributed by atoms with Gasteiger partial charge in [-0.2, -0.15) is 5.10 Å². The summed E-state index contributed by atoms with van der Waals surface area (Å²) in [5, 5.41) is 7.54. The zero-order chi connectivity index (χ0) is 18.6. The predicted molar refractivity (Wildman–Crippen MR) is 106 cm³/mol. The van der Waals surface area contributed by atoms with Crippen LogP contribution in [0.3, 0.4) is 0 Å². The number of hydrogen-bond donors (Lipinski definition) is 1. The molecule has 2 aliphatic heterocycles. The number of nitrogens with one attached hydrogen (secondary N) is 1. The standard InChI is InChI=1S/C21H30N6/c1-21(2,3)18-6-19(23-13-22-18)27-11-16-9-26(10-17(16)12-27)8-15-7-24-25-20(15)14-4-5-14/h6-7,13-14,16-17H,4-5,8-12H2,1-3H3,(H,24,25). The van der Waals surface area contributed by atoms with Gasteiger partial charge in [0, 0.05) is 61.4 Å². The Morgan fingerprint density at radius 1 is 1.07 bits per heavy atom. The molecular weight excluding hydrogens is 336 g/mol. The summed E-state index contributed by atoms with van der Waals surface area (Å²) in [6.45, 7) is 12.3. The summed E-state index contributed by atoms with van der Waals surface area (Å²) in [5.41, 5.74) is 4.00. The maximum Gasteiger partial charge on any atom is 0.132 e. The third-order valence-electron chi connectivity index (χ3n) is 6.44. The van der Waals surface area contributed by atoms with Crippen LogP contribution in [0.4, 0.5) is 5.82 Å². The lowest BCUT2D eigenvalue weighted by molar-refractivity contribution is 0.308. The summed E-state index contributed by atoms with van der Waals surface area (Å²) in [7, 11) is 0. The summed E-state index contributed by atoms with van der Waals surface area (Å²) in [4.78, 5) is 14.1. The molecule has 0 amide bonds. The van der Waals surface area contributed by atoms with Gasteiger partial charge in [-0.1, -0.05) is 20.8 Å². The molecule has 1 saturated carbocycles. The van der Waals surface area contributed by atoms with Crippen molar-refractivity contribution in [3.63, 3.8) is 0 Å². The molecule has 1 aliphatic carbocycles. The zero-order valence-corrected chi connectivity index (χ0v) is 16.6. The number of aromatic amines is 1. The molecular formula is C21H30N6. The van der Waals surface area contributed by atoms with Crippen molar-refractivity contribution in [1.29, 1.82) is 0 Å². The first-order valence-electron chi connectivity index (χ1n) is 10.3. The number of fused-ring (bicyclic) bond motifs is 1. The SMILES string of the molecule is CC(C)(C)c1cc(N2CC3CN(Cc4cn[nH]c4C4CC4)CC3C2)ncn1. The molecule has 2 atom stereocenters. The molecule has 0 bridgehead atoms. The summed E-state index contributed by atoms with van der Waals surface area (Å²) in [6, 6.07) is 2.19. The van der Waals surface area contributed by atoms with Crippen molar-refractivity contribution in [2.45, 2.75) is 51.5 Å². The van der Waals surface area contributed by atoms with Crippen LogP contribution >= 0.6 is 0 Å². The van der Waals surface area contributed by atoms with E-state index < -0.39 is 0 Å². The fraction of sp³-hybridized carbons (Fsp3) is 0.667. The maximum absolute atomic E-state index is 4.57. The topological polar surface area (TPSA) is 60.9 Å². The Kier molecular flexibility index (Phi) is 4.00. The number of anilines is 1. The van der Waals surface area contributed by atoms with E-state index in [4.69, 9.17) is 0 Å². The van der Waals surface area contributed by atoms with E-state index in [1.165, 1.54) is 37.2 Å². The Hall–Kier alpha value is -1.95. The molecule has 3 fully saturated rings. The molecule has 6 nitrogen and oxygen atoms in total. The van der Waals surface area contributed by atoms with Gasteiger partial charge in [-0.3, -0.25) is 10.00 Å². The number of hydrogen-bond acceptors (Lipinski definition) is 5. The Bertz CT molecular complexity index is 804. The molecule has 2 aromatic heterocycles. The minimum Gasteiger partial charge on any atom is -0.356 e. The average molecular weight is 367 g/mol. The van der Waals surface area contributed by atoms with Crippen LogP contribution in [0.2, 0.25) is 0 Å². The number of H-pyrrole nitrogens is 1. The fourth-order valence-corrected chi connectivity index (χ4v) is 4.75. The van der Waals surface area contributed by atoms with E-state index in [-0.39, 0.29) is 5.41 Å². The monoisotopic (exact) mass is 366 g/mol. The molecule has 3 aliphatic rings. The van der Waals surface area contributed by atoms with Gasteiger partial charge < -0.3 is 4.90 Å². The Morgan fingerprint density at radius 2 is 1.81 bits per heavy atom. The van der Waals surface area contributed by atoms with Crippen molar-refractivity contribution in [2.24, 2.45) is 11.8 Å². The van der Waals surface area contributed by atoms with Crippen LogP contribution in [0.25, 0.3) is 0 Å². The van der Waals surface area contributed by atoms with E-state index in [1.54, 1.807) is 6.33 Å². The molecule has 2 aromatic rings. The highest BCUT2D eigenvalue weighted by Crippen LogP contribution is 2.41. The van der Waals surface area contributed by atoms with Crippen LogP contribution in [0, 0.1) is 11.8 Å². The highest BCUT2D eigenvalue weighted by molar-refractivity contribution is 5.42. The van der Waals surface area contributed by atoms with Crippen LogP contribution in [-0.2, 0) is 12.0 Å². The normalized spacial score (nSPS) is 26.0. The Labute approximate surface area is 161 Å². The van der Waals surface area contributed by atoms with Gasteiger partial charge in [0.15, 0.2) is 0 Å². The van der Waals surface area contributed by atoms with Gasteiger partial charge in [0.05, 0.1) is 11.9 Å². The summed E-state index contributed by atoms with van der Waals surface area (Å²) >= 11 is 0. The van der Waals surface area contributed by atoms with E-state index in [1.807, 2.05) is 6.20 Å². The maximum atomic E-state index is 4.57. The minimum absolute atomic E-state index is 0.0634. The quantitative estimate of drug-likeness (QED) is 0.901. The van der Waals surface area contributed by atoms with Crippen molar-refractivity contribution in [3.05, 3.63) is 35.5 Å². The second kappa shape index (κ2) is 6.30. The summed E-state index contributed by atoms with van der Waals surface area (Å²) in [6.07, 6.45) is 6.42. The first kappa shape index (κ1) is 17.2. The van der Waals surface area contributed by atoms with Gasteiger partial charge in [-0.15, -0.1) is 0 Å². The third-order valence-corrected chi connectivity index (χ3v) is 6.44. The average Bonchev–Trinajstić information content (AvgIpc) is 3.06. The highest BCUT2D eigenvalue weighted by atomic mass is 15.3. The van der Waals surface area contributed by atoms with E-state index in [0.717, 1.165) is 48.9 Å². The summed E-state index contributed by atoms with van der Waals surface area (Å²) in [5.74, 6) is 3.33. The van der Waals surface area contributed by atoms with Crippen LogP contribution in [-0.4, -0.2) is 51.2 Å². The molecule has 4 heterocycles. The predicted octanol–water partition coefficient (Wildman–Crippen LogP) is 2.94. The lowest BCUT2D eigenvalue weighted by Crippen LogP contribution is -2.29. The van der Waals surface area contributed by atoms with E-state index in [2.05, 4.69) is 56.8 Å². The molecule has 6 heteroatoms. The minimum atomic E-state index is 0.0634. The number of aromatic nitrogens is 4. The van der Waals surface area contributed by atoms with E-state index in [0.29, 0.717) is 0 Å². The summed E-state index contributed by atoms with van der Waals surface area (Å²) < 4.78 is 0. The lowest BCUT2D eigenvalue weighted by Gasteiger charge is -2.24. The van der Waals surface area contributed by atoms with Crippen LogP contribution in [0.1, 0.15) is 56.5 Å².